The molecule has 0 saturated carbocycles. The Morgan fingerprint density at radius 2 is 1.06 bits per heavy atom. The molecule has 2 aromatic carbocycles. The Morgan fingerprint density at radius 1 is 0.548 bits per heavy atom. The van der Waals surface area contributed by atoms with Crippen LogP contribution in [-0.4, -0.2) is 5.11 Å². The Kier molecular flexibility index (Phi) is 13.1. The predicted octanol–water partition coefficient (Wildman–Crippen LogP) is 9.65. The molecule has 2 rings (SSSR count). The van der Waals surface area contributed by atoms with Gasteiger partial charge >= 0.3 is 0 Å². The van der Waals surface area contributed by atoms with Gasteiger partial charge in [0.1, 0.15) is 5.75 Å². The van der Waals surface area contributed by atoms with E-state index in [1.54, 1.807) is 0 Å². The van der Waals surface area contributed by atoms with Gasteiger partial charge in [-0.2, -0.15) is 0 Å². The fourth-order valence-electron chi connectivity index (χ4n) is 4.66. The molecule has 1 N–H and O–H groups in total. The number of hydrogen-bond acceptors (Lipinski definition) is 1. The average Bonchev–Trinajstić information content (AvgIpc) is 2.79. The first-order chi connectivity index (χ1) is 15.3. The number of aromatic hydroxyl groups is 1. The molecule has 172 valence electrons. The molecular formula is C30H46O. The summed E-state index contributed by atoms with van der Waals surface area (Å²) in [7, 11) is 0. The molecule has 0 aliphatic heterocycles. The lowest BCUT2D eigenvalue weighted by Gasteiger charge is -2.17. The largest absolute Gasteiger partial charge is 0.507 e. The minimum atomic E-state index is 0.437. The lowest BCUT2D eigenvalue weighted by molar-refractivity contribution is 0.476. The second-order valence-corrected chi connectivity index (χ2v) is 9.21. The van der Waals surface area contributed by atoms with E-state index in [4.69, 9.17) is 0 Å². The van der Waals surface area contributed by atoms with E-state index in [9.17, 15) is 5.11 Å². The number of rotatable bonds is 17. The molecule has 0 aliphatic rings. The van der Waals surface area contributed by atoms with Gasteiger partial charge in [0.15, 0.2) is 0 Å². The van der Waals surface area contributed by atoms with Crippen LogP contribution in [0.5, 0.6) is 5.75 Å². The summed E-state index contributed by atoms with van der Waals surface area (Å²) in [5.74, 6) is 0.437. The van der Waals surface area contributed by atoms with Crippen LogP contribution in [0, 0.1) is 0 Å². The van der Waals surface area contributed by atoms with Crippen LogP contribution in [0.3, 0.4) is 0 Å². The quantitative estimate of drug-likeness (QED) is 0.251. The maximum absolute atomic E-state index is 10.8. The molecule has 31 heavy (non-hydrogen) atoms. The van der Waals surface area contributed by atoms with Crippen molar-refractivity contribution in [3.05, 3.63) is 53.6 Å². The molecule has 2 aromatic rings. The Morgan fingerprint density at radius 3 is 1.65 bits per heavy atom. The molecule has 0 radical (unpaired) electrons. The molecule has 0 aromatic heterocycles. The van der Waals surface area contributed by atoms with Crippen LogP contribution in [-0.2, 0) is 12.8 Å². The lowest BCUT2D eigenvalue weighted by Crippen LogP contribution is -2.00. The second kappa shape index (κ2) is 16.0. The van der Waals surface area contributed by atoms with Crippen molar-refractivity contribution >= 4 is 0 Å². The Bertz CT molecular complexity index is 704. The smallest absolute Gasteiger partial charge is 0.123 e. The van der Waals surface area contributed by atoms with Crippen molar-refractivity contribution in [1.29, 1.82) is 0 Å². The summed E-state index contributed by atoms with van der Waals surface area (Å²) < 4.78 is 0. The highest BCUT2D eigenvalue weighted by Crippen LogP contribution is 2.36. The average molecular weight is 423 g/mol. The van der Waals surface area contributed by atoms with E-state index < -0.39 is 0 Å². The summed E-state index contributed by atoms with van der Waals surface area (Å²) in [6.07, 6.45) is 20.9. The fraction of sp³-hybridized carbons (Fsp3) is 0.600. The van der Waals surface area contributed by atoms with Crippen LogP contribution in [0.25, 0.3) is 11.1 Å². The SMILES string of the molecule is CCCCCCCCCc1ccc(O)c(-c2ccccc2)c1CCCCCCCCC. The van der Waals surface area contributed by atoms with Gasteiger partial charge in [0.25, 0.3) is 0 Å². The fourth-order valence-corrected chi connectivity index (χ4v) is 4.66. The van der Waals surface area contributed by atoms with E-state index in [0.717, 1.165) is 24.0 Å². The summed E-state index contributed by atoms with van der Waals surface area (Å²) in [6.45, 7) is 4.56. The number of hydrogen-bond donors (Lipinski definition) is 1. The van der Waals surface area contributed by atoms with Gasteiger partial charge in [-0.15, -0.1) is 0 Å². The molecule has 0 bridgehead atoms. The maximum atomic E-state index is 10.8. The summed E-state index contributed by atoms with van der Waals surface area (Å²) >= 11 is 0. The van der Waals surface area contributed by atoms with Crippen LogP contribution in [0.15, 0.2) is 42.5 Å². The molecular weight excluding hydrogens is 376 g/mol. The highest BCUT2D eigenvalue weighted by atomic mass is 16.3. The van der Waals surface area contributed by atoms with Crippen molar-refractivity contribution in [2.45, 2.75) is 117 Å². The van der Waals surface area contributed by atoms with Crippen molar-refractivity contribution in [1.82, 2.24) is 0 Å². The van der Waals surface area contributed by atoms with Gasteiger partial charge < -0.3 is 5.11 Å². The first-order valence-electron chi connectivity index (χ1n) is 13.2. The van der Waals surface area contributed by atoms with Crippen molar-refractivity contribution in [2.75, 3.05) is 0 Å². The van der Waals surface area contributed by atoms with E-state index in [2.05, 4.69) is 50.2 Å². The summed E-state index contributed by atoms with van der Waals surface area (Å²) in [6, 6.07) is 14.6. The van der Waals surface area contributed by atoms with Gasteiger partial charge in [-0.1, -0.05) is 127 Å². The van der Waals surface area contributed by atoms with Crippen LogP contribution in [0.2, 0.25) is 0 Å². The zero-order valence-electron chi connectivity index (χ0n) is 20.3. The van der Waals surface area contributed by atoms with E-state index in [-0.39, 0.29) is 0 Å². The van der Waals surface area contributed by atoms with Crippen LogP contribution < -0.4 is 0 Å². The standard InChI is InChI=1S/C30H46O/c1-3-5-7-9-11-13-16-20-26-24-25-29(31)30(27-21-17-15-18-22-27)28(26)23-19-14-12-10-8-6-4-2/h15,17-18,21-22,24-25,31H,3-14,16,19-20,23H2,1-2H3. The molecule has 0 unspecified atom stereocenters. The van der Waals surface area contributed by atoms with Crippen molar-refractivity contribution in [2.24, 2.45) is 0 Å². The van der Waals surface area contributed by atoms with Crippen molar-refractivity contribution in [3.8, 4) is 16.9 Å². The Balaban J connectivity index is 2.02. The summed E-state index contributed by atoms with van der Waals surface area (Å²) in [4.78, 5) is 0. The summed E-state index contributed by atoms with van der Waals surface area (Å²) in [5, 5.41) is 10.8. The van der Waals surface area contributed by atoms with E-state index in [1.807, 2.05) is 6.07 Å². The molecule has 0 heterocycles. The number of unbranched alkanes of at least 4 members (excludes halogenated alkanes) is 12. The van der Waals surface area contributed by atoms with Gasteiger partial charge in [-0.05, 0) is 48.4 Å². The normalized spacial score (nSPS) is 11.2. The number of phenolic OH excluding ortho intramolecular Hbond substituents is 1. The van der Waals surface area contributed by atoms with Gasteiger partial charge in [0, 0.05) is 5.56 Å². The van der Waals surface area contributed by atoms with Gasteiger partial charge in [-0.25, -0.2) is 0 Å². The maximum Gasteiger partial charge on any atom is 0.123 e. The molecule has 0 spiro atoms. The Labute approximate surface area is 192 Å². The van der Waals surface area contributed by atoms with Gasteiger partial charge in [-0.3, -0.25) is 0 Å². The van der Waals surface area contributed by atoms with Crippen LogP contribution >= 0.6 is 0 Å². The van der Waals surface area contributed by atoms with E-state index >= 15 is 0 Å². The zero-order chi connectivity index (χ0) is 22.2. The second-order valence-electron chi connectivity index (χ2n) is 9.21. The Hall–Kier alpha value is -1.76. The lowest BCUT2D eigenvalue weighted by atomic mass is 9.88. The first-order valence-corrected chi connectivity index (χ1v) is 13.2. The highest BCUT2D eigenvalue weighted by Gasteiger charge is 2.14. The molecule has 0 fully saturated rings. The van der Waals surface area contributed by atoms with Gasteiger partial charge in [0.05, 0.1) is 0 Å². The molecule has 1 heteroatoms. The third-order valence-electron chi connectivity index (χ3n) is 6.53. The third-order valence-corrected chi connectivity index (χ3v) is 6.53. The van der Waals surface area contributed by atoms with Crippen molar-refractivity contribution < 1.29 is 5.11 Å². The van der Waals surface area contributed by atoms with Crippen molar-refractivity contribution in [3.63, 3.8) is 0 Å². The van der Waals surface area contributed by atoms with Crippen LogP contribution in [0.1, 0.15) is 115 Å². The first kappa shape index (κ1) is 25.5. The van der Waals surface area contributed by atoms with Crippen LogP contribution in [0.4, 0.5) is 0 Å². The molecule has 0 saturated heterocycles. The summed E-state index contributed by atoms with van der Waals surface area (Å²) in [5.41, 5.74) is 5.08. The molecule has 0 aliphatic carbocycles. The number of benzene rings is 2. The van der Waals surface area contributed by atoms with E-state index in [1.165, 1.54) is 101 Å². The minimum absolute atomic E-state index is 0.437. The van der Waals surface area contributed by atoms with Gasteiger partial charge in [0.2, 0.25) is 0 Å². The highest BCUT2D eigenvalue weighted by molar-refractivity contribution is 5.75. The molecule has 0 amide bonds. The minimum Gasteiger partial charge on any atom is -0.507 e. The molecule has 1 nitrogen and oxygen atoms in total. The topological polar surface area (TPSA) is 20.2 Å². The van der Waals surface area contributed by atoms with E-state index in [0.29, 0.717) is 5.75 Å². The predicted molar refractivity (Wildman–Crippen MR) is 137 cm³/mol. The monoisotopic (exact) mass is 422 g/mol. The number of phenols is 1. The number of aryl methyl sites for hydroxylation is 1. The zero-order valence-corrected chi connectivity index (χ0v) is 20.3. The molecule has 0 atom stereocenters. The third kappa shape index (κ3) is 9.50.